The summed E-state index contributed by atoms with van der Waals surface area (Å²) in [6.07, 6.45) is 1.48. The Kier molecular flexibility index (Phi) is 5.83. The van der Waals surface area contributed by atoms with Gasteiger partial charge < -0.3 is 31.5 Å². The molecule has 12 nitrogen and oxygen atoms in total. The Morgan fingerprint density at radius 1 is 1.21 bits per heavy atom. The van der Waals surface area contributed by atoms with Crippen LogP contribution in [0.25, 0.3) is 0 Å². The number of fused-ring (bicyclic) bond motifs is 1. The first kappa shape index (κ1) is 25.2. The zero-order valence-electron chi connectivity index (χ0n) is 21.9. The van der Waals surface area contributed by atoms with E-state index in [2.05, 4.69) is 39.3 Å². The van der Waals surface area contributed by atoms with Crippen molar-refractivity contribution < 1.29 is 19.4 Å². The number of ketones is 1. The maximum Gasteiger partial charge on any atom is 0.255 e. The molecule has 2 aromatic rings. The van der Waals surface area contributed by atoms with Crippen LogP contribution in [0.15, 0.2) is 46.5 Å². The number of carbonyl (C=O) groups is 2. The Bertz CT molecular complexity index is 1390. The first-order valence-corrected chi connectivity index (χ1v) is 13.1. The molecule has 0 radical (unpaired) electrons. The Balaban J connectivity index is 1.27. The van der Waals surface area contributed by atoms with Crippen molar-refractivity contribution in [3.8, 4) is 5.75 Å². The van der Waals surface area contributed by atoms with Crippen molar-refractivity contribution in [3.05, 3.63) is 53.3 Å². The number of aliphatic imine (C=N–C) groups is 2. The molecular weight excluding hydrogens is 500 g/mol. The van der Waals surface area contributed by atoms with Crippen LogP contribution in [0.3, 0.4) is 0 Å². The molecule has 6 N–H and O–H groups in total. The predicted molar refractivity (Wildman–Crippen MR) is 143 cm³/mol. The molecule has 1 aromatic carbocycles. The molecule has 12 heteroatoms. The van der Waals surface area contributed by atoms with Crippen LogP contribution < -0.4 is 21.5 Å². The van der Waals surface area contributed by atoms with Gasteiger partial charge in [0.1, 0.15) is 29.1 Å². The number of ether oxygens (including phenoxy) is 1. The van der Waals surface area contributed by atoms with Gasteiger partial charge in [0.15, 0.2) is 11.7 Å². The molecule has 39 heavy (non-hydrogen) atoms. The Morgan fingerprint density at radius 3 is 2.79 bits per heavy atom. The van der Waals surface area contributed by atoms with Gasteiger partial charge in [-0.3, -0.25) is 14.6 Å². The van der Waals surface area contributed by atoms with Crippen LogP contribution in [0.5, 0.6) is 5.75 Å². The summed E-state index contributed by atoms with van der Waals surface area (Å²) in [5, 5.41) is 22.4. The number of amides is 1. The second-order valence-electron chi connectivity index (χ2n) is 11.3. The van der Waals surface area contributed by atoms with Crippen molar-refractivity contribution in [2.75, 3.05) is 13.2 Å². The number of aromatic nitrogens is 2. The fourth-order valence-corrected chi connectivity index (χ4v) is 6.50. The van der Waals surface area contributed by atoms with Crippen molar-refractivity contribution in [2.24, 2.45) is 21.5 Å². The number of rotatable bonds is 5. The number of para-hydroxylation sites is 1. The van der Waals surface area contributed by atoms with Gasteiger partial charge >= 0.3 is 0 Å². The maximum absolute atomic E-state index is 13.5. The first-order chi connectivity index (χ1) is 18.6. The highest BCUT2D eigenvalue weighted by Crippen LogP contribution is 2.46. The van der Waals surface area contributed by atoms with E-state index in [0.717, 1.165) is 12.0 Å². The Labute approximate surface area is 225 Å². The van der Waals surface area contributed by atoms with Crippen molar-refractivity contribution >= 4 is 23.5 Å². The summed E-state index contributed by atoms with van der Waals surface area (Å²) >= 11 is 0. The van der Waals surface area contributed by atoms with Gasteiger partial charge in [-0.15, -0.1) is 5.10 Å². The molecule has 0 saturated carbocycles. The van der Waals surface area contributed by atoms with Crippen molar-refractivity contribution in [2.45, 2.75) is 68.3 Å². The van der Waals surface area contributed by atoms with E-state index in [9.17, 15) is 14.7 Å². The lowest BCUT2D eigenvalue weighted by atomic mass is 9.77. The summed E-state index contributed by atoms with van der Waals surface area (Å²) in [5.41, 5.74) is 13.1. The van der Waals surface area contributed by atoms with Crippen LogP contribution in [-0.4, -0.2) is 86.6 Å². The van der Waals surface area contributed by atoms with Gasteiger partial charge in [0.25, 0.3) is 5.91 Å². The molecule has 1 spiro atoms. The number of amidine groups is 1. The molecule has 0 bridgehead atoms. The zero-order valence-corrected chi connectivity index (χ0v) is 21.9. The molecule has 6 rings (SSSR count). The van der Waals surface area contributed by atoms with E-state index in [-0.39, 0.29) is 48.1 Å². The molecule has 5 atom stereocenters. The third-order valence-electron chi connectivity index (χ3n) is 8.53. The number of carbonyl (C=O) groups excluding carboxylic acids is 2. The molecular formula is C27H32N8O4. The minimum absolute atomic E-state index is 0.0244. The standard InChI is InChI=1S/C27H32N8O4/c1-26(2)8-10-39-21-14(5-3-6-15(21)26)24(38)31-18-13-35-25(29)32-17(11-19(36)16-7-4-9-30-34-16)22-27(35,23(18)37)12-20(28)33-22/h3-7,9,17-18,22-23,37H,8,10-13H2,1-2H3,(H2,28,33)(H2,29,32)(H,31,38)/t17-,18?,22-,23+,27-/m0/s1. The highest BCUT2D eigenvalue weighted by Gasteiger charge is 2.65. The van der Waals surface area contributed by atoms with Gasteiger partial charge in [-0.25, -0.2) is 4.99 Å². The van der Waals surface area contributed by atoms with Crippen LogP contribution in [-0.2, 0) is 5.41 Å². The number of benzene rings is 1. The lowest BCUT2D eigenvalue weighted by Crippen LogP contribution is -2.66. The number of nitrogens with one attached hydrogen (secondary N) is 1. The van der Waals surface area contributed by atoms with E-state index in [1.807, 2.05) is 12.1 Å². The number of aliphatic hydroxyl groups is 1. The molecule has 1 aromatic heterocycles. The normalized spacial score (nSPS) is 30.3. The van der Waals surface area contributed by atoms with Gasteiger partial charge in [0.2, 0.25) is 0 Å². The fraction of sp³-hybridized carbons (Fsp3) is 0.481. The summed E-state index contributed by atoms with van der Waals surface area (Å²) in [6, 6.07) is 6.82. The van der Waals surface area contributed by atoms with Crippen LogP contribution in [0, 0.1) is 0 Å². The molecule has 5 heterocycles. The summed E-state index contributed by atoms with van der Waals surface area (Å²) < 4.78 is 5.93. The van der Waals surface area contributed by atoms with Crippen LogP contribution in [0.4, 0.5) is 0 Å². The fourth-order valence-electron chi connectivity index (χ4n) is 6.50. The average Bonchev–Trinajstić information content (AvgIpc) is 3.41. The van der Waals surface area contributed by atoms with E-state index in [1.165, 1.54) is 6.20 Å². The smallest absolute Gasteiger partial charge is 0.255 e. The third kappa shape index (κ3) is 3.92. The number of aliphatic hydroxyl groups excluding tert-OH is 1. The van der Waals surface area contributed by atoms with Gasteiger partial charge in [0.05, 0.1) is 30.1 Å². The molecule has 1 fully saturated rings. The molecule has 1 amide bonds. The molecule has 1 saturated heterocycles. The van der Waals surface area contributed by atoms with E-state index < -0.39 is 29.8 Å². The Hall–Kier alpha value is -4.06. The highest BCUT2D eigenvalue weighted by molar-refractivity contribution is 5.98. The first-order valence-electron chi connectivity index (χ1n) is 13.1. The van der Waals surface area contributed by atoms with Crippen molar-refractivity contribution in [3.63, 3.8) is 0 Å². The average molecular weight is 533 g/mol. The third-order valence-corrected chi connectivity index (χ3v) is 8.53. The summed E-state index contributed by atoms with van der Waals surface area (Å²) in [7, 11) is 0. The summed E-state index contributed by atoms with van der Waals surface area (Å²) in [5.74, 6) is 0.475. The lowest BCUT2D eigenvalue weighted by Gasteiger charge is -2.46. The maximum atomic E-state index is 13.5. The summed E-state index contributed by atoms with van der Waals surface area (Å²) in [6.45, 7) is 5.00. The quantitative estimate of drug-likeness (QED) is 0.390. The van der Waals surface area contributed by atoms with Gasteiger partial charge in [-0.1, -0.05) is 26.0 Å². The van der Waals surface area contributed by atoms with E-state index in [1.54, 1.807) is 23.1 Å². The Morgan fingerprint density at radius 2 is 2.03 bits per heavy atom. The van der Waals surface area contributed by atoms with Crippen LogP contribution in [0.2, 0.25) is 0 Å². The van der Waals surface area contributed by atoms with Gasteiger partial charge in [0, 0.05) is 31.1 Å². The number of hydrogen-bond acceptors (Lipinski definition) is 11. The molecule has 0 aliphatic carbocycles. The van der Waals surface area contributed by atoms with E-state index in [4.69, 9.17) is 16.2 Å². The summed E-state index contributed by atoms with van der Waals surface area (Å²) in [4.78, 5) is 37.5. The second kappa shape index (κ2) is 9.01. The monoisotopic (exact) mass is 532 g/mol. The highest BCUT2D eigenvalue weighted by atomic mass is 16.5. The van der Waals surface area contributed by atoms with E-state index in [0.29, 0.717) is 23.8 Å². The van der Waals surface area contributed by atoms with Crippen molar-refractivity contribution in [1.29, 1.82) is 0 Å². The minimum Gasteiger partial charge on any atom is -0.492 e. The number of Topliss-reactive ketones (excluding diaryl/α,β-unsaturated/α-hetero) is 1. The predicted octanol–water partition coefficient (Wildman–Crippen LogP) is 0.150. The van der Waals surface area contributed by atoms with Crippen molar-refractivity contribution in [1.82, 2.24) is 20.4 Å². The second-order valence-corrected chi connectivity index (χ2v) is 11.3. The van der Waals surface area contributed by atoms with Crippen LogP contribution >= 0.6 is 0 Å². The minimum atomic E-state index is -1.07. The topological polar surface area (TPSA) is 181 Å². The van der Waals surface area contributed by atoms with Gasteiger partial charge in [-0.05, 0) is 30.0 Å². The van der Waals surface area contributed by atoms with Gasteiger partial charge in [-0.2, -0.15) is 5.10 Å². The largest absolute Gasteiger partial charge is 0.492 e. The molecule has 204 valence electrons. The molecule has 4 aliphatic rings. The van der Waals surface area contributed by atoms with E-state index >= 15 is 0 Å². The molecule has 4 aliphatic heterocycles. The zero-order chi connectivity index (χ0) is 27.5. The number of nitrogens with two attached hydrogens (primary N) is 2. The lowest BCUT2D eigenvalue weighted by molar-refractivity contribution is 0.0275. The number of hydrogen-bond donors (Lipinski definition) is 4. The van der Waals surface area contributed by atoms with Crippen LogP contribution in [0.1, 0.15) is 59.5 Å². The number of nitrogens with zero attached hydrogens (tertiary/aromatic N) is 5. The number of guanidine groups is 1. The molecule has 1 unspecified atom stereocenters. The SMILES string of the molecule is CC1(C)CCOc2c(C(=O)NC3CN4C(N)=N[C@@H](CC(=O)c5cccnn5)[C@@H]5N=C(N)C[C@@]54[C@@H]3O)cccc21.